The molecule has 6 nitrogen and oxygen atoms in total. The molecule has 1 fully saturated rings. The topological polar surface area (TPSA) is 67.2 Å². The van der Waals surface area contributed by atoms with Gasteiger partial charge in [0.15, 0.2) is 0 Å². The Hall–Kier alpha value is -2.63. The van der Waals surface area contributed by atoms with Gasteiger partial charge in [0.25, 0.3) is 0 Å². The number of hydrogen-bond acceptors (Lipinski definition) is 3. The van der Waals surface area contributed by atoms with Crippen molar-refractivity contribution in [2.75, 3.05) is 19.6 Å². The zero-order valence-corrected chi connectivity index (χ0v) is 15.7. The smallest absolute Gasteiger partial charge is 0.311 e. The molecule has 4 rings (SSSR count). The first kappa shape index (κ1) is 17.8. The summed E-state index contributed by atoms with van der Waals surface area (Å²) in [6.45, 7) is 1.78. The van der Waals surface area contributed by atoms with E-state index in [9.17, 15) is 9.59 Å². The van der Waals surface area contributed by atoms with Gasteiger partial charge in [0.05, 0.1) is 6.20 Å². The molecule has 0 radical (unpaired) electrons. The lowest BCUT2D eigenvalue weighted by atomic mass is 9.91. The van der Waals surface area contributed by atoms with Crippen LogP contribution < -0.4 is 5.32 Å². The molecule has 0 saturated carbocycles. The molecule has 1 aliphatic heterocycles. The minimum absolute atomic E-state index is 0.314. The monoisotopic (exact) mass is 366 g/mol. The van der Waals surface area contributed by atoms with Crippen LogP contribution in [-0.2, 0) is 23.1 Å². The lowest BCUT2D eigenvalue weighted by Crippen LogP contribution is -2.46. The van der Waals surface area contributed by atoms with Gasteiger partial charge in [-0.1, -0.05) is 24.3 Å². The molecule has 142 valence electrons. The fourth-order valence-electron chi connectivity index (χ4n) is 4.36. The molecule has 1 aliphatic carbocycles. The fraction of sp³-hybridized carbons (Fsp3) is 0.476. The van der Waals surface area contributed by atoms with E-state index >= 15 is 0 Å². The largest absolute Gasteiger partial charge is 0.347 e. The highest BCUT2D eigenvalue weighted by molar-refractivity contribution is 6.35. The van der Waals surface area contributed by atoms with E-state index in [-0.39, 0.29) is 0 Å². The van der Waals surface area contributed by atoms with E-state index in [4.69, 9.17) is 0 Å². The molecular formula is C21H26N4O2. The number of likely N-dealkylation sites (tertiary alicyclic amines) is 1. The van der Waals surface area contributed by atoms with Gasteiger partial charge in [0.2, 0.25) is 0 Å². The lowest BCUT2D eigenvalue weighted by molar-refractivity contribution is -0.146. The molecule has 2 aromatic rings. The summed E-state index contributed by atoms with van der Waals surface area (Å²) in [5.74, 6) is -0.139. The Morgan fingerprint density at radius 2 is 1.96 bits per heavy atom. The number of fused-ring (bicyclic) bond motifs is 1. The van der Waals surface area contributed by atoms with E-state index in [1.807, 2.05) is 30.2 Å². The molecular weight excluding hydrogens is 340 g/mol. The Kier molecular flexibility index (Phi) is 4.97. The van der Waals surface area contributed by atoms with Crippen molar-refractivity contribution in [2.24, 2.45) is 7.05 Å². The maximum atomic E-state index is 12.5. The third-order valence-corrected chi connectivity index (χ3v) is 5.94. The van der Waals surface area contributed by atoms with E-state index in [2.05, 4.69) is 28.6 Å². The second kappa shape index (κ2) is 7.55. The van der Waals surface area contributed by atoms with Crippen molar-refractivity contribution in [3.63, 3.8) is 0 Å². The Bertz CT molecular complexity index is 836. The van der Waals surface area contributed by atoms with E-state index in [1.54, 1.807) is 4.90 Å². The average molecular weight is 366 g/mol. The van der Waals surface area contributed by atoms with Crippen molar-refractivity contribution >= 4 is 11.8 Å². The molecule has 1 saturated heterocycles. The van der Waals surface area contributed by atoms with Gasteiger partial charge in [-0.3, -0.25) is 14.3 Å². The molecule has 0 spiro atoms. The quantitative estimate of drug-likeness (QED) is 0.845. The third kappa shape index (κ3) is 3.75. The number of aryl methyl sites for hydroxylation is 2. The predicted octanol–water partition coefficient (Wildman–Crippen LogP) is 1.97. The Labute approximate surface area is 159 Å². The number of amides is 2. The summed E-state index contributed by atoms with van der Waals surface area (Å²) in [5.41, 5.74) is 3.89. The summed E-state index contributed by atoms with van der Waals surface area (Å²) in [6, 6.07) is 8.37. The highest BCUT2D eigenvalue weighted by Gasteiger charge is 2.29. The number of piperidine rings is 1. The minimum atomic E-state index is -0.473. The minimum Gasteiger partial charge on any atom is -0.347 e. The van der Waals surface area contributed by atoms with Crippen LogP contribution in [0.5, 0.6) is 0 Å². The van der Waals surface area contributed by atoms with E-state index in [0.717, 1.165) is 25.7 Å². The summed E-state index contributed by atoms with van der Waals surface area (Å²) in [6.07, 6.45) is 7.76. The van der Waals surface area contributed by atoms with E-state index in [1.165, 1.54) is 16.7 Å². The van der Waals surface area contributed by atoms with Gasteiger partial charge in [0, 0.05) is 38.8 Å². The van der Waals surface area contributed by atoms with Crippen LogP contribution in [0.3, 0.4) is 0 Å². The van der Waals surface area contributed by atoms with Crippen molar-refractivity contribution in [1.82, 2.24) is 20.0 Å². The molecule has 1 aromatic carbocycles. The highest BCUT2D eigenvalue weighted by Crippen LogP contribution is 2.32. The molecule has 1 N–H and O–H groups in total. The third-order valence-electron chi connectivity index (χ3n) is 5.94. The molecule has 2 heterocycles. The summed E-state index contributed by atoms with van der Waals surface area (Å²) in [5, 5.41) is 7.09. The molecule has 2 aliphatic rings. The molecule has 1 atom stereocenters. The summed E-state index contributed by atoms with van der Waals surface area (Å²) < 4.78 is 1.81. The second-order valence-electron chi connectivity index (χ2n) is 7.66. The first-order chi connectivity index (χ1) is 13.1. The summed E-state index contributed by atoms with van der Waals surface area (Å²) >= 11 is 0. The normalized spacial score (nSPS) is 19.7. The van der Waals surface area contributed by atoms with Gasteiger partial charge < -0.3 is 10.2 Å². The Morgan fingerprint density at radius 3 is 2.70 bits per heavy atom. The molecule has 1 unspecified atom stereocenters. The van der Waals surface area contributed by atoms with Crippen LogP contribution in [0, 0.1) is 0 Å². The van der Waals surface area contributed by atoms with E-state index < -0.39 is 11.8 Å². The van der Waals surface area contributed by atoms with Gasteiger partial charge in [-0.05, 0) is 48.3 Å². The van der Waals surface area contributed by atoms with Gasteiger partial charge in [-0.15, -0.1) is 0 Å². The molecule has 0 bridgehead atoms. The van der Waals surface area contributed by atoms with Gasteiger partial charge >= 0.3 is 11.8 Å². The molecule has 6 heteroatoms. The summed E-state index contributed by atoms with van der Waals surface area (Å²) in [7, 11) is 1.91. The number of nitrogens with one attached hydrogen (secondary N) is 1. The number of hydrogen-bond donors (Lipinski definition) is 1. The SMILES string of the molecule is Cn1cc(C2CCN(C(=O)C(=O)NCC3CCc4ccccc43)CC2)cn1. The number of carbonyl (C=O) groups is 2. The van der Waals surface area contributed by atoms with Gasteiger partial charge in [-0.25, -0.2) is 0 Å². The molecule has 27 heavy (non-hydrogen) atoms. The first-order valence-corrected chi connectivity index (χ1v) is 9.75. The van der Waals surface area contributed by atoms with Crippen LogP contribution in [0.2, 0.25) is 0 Å². The Balaban J connectivity index is 1.27. The number of carbonyl (C=O) groups excluding carboxylic acids is 2. The van der Waals surface area contributed by atoms with Gasteiger partial charge in [-0.2, -0.15) is 5.10 Å². The number of rotatable bonds is 3. The number of nitrogens with zero attached hydrogens (tertiary/aromatic N) is 3. The van der Waals surface area contributed by atoms with Crippen LogP contribution in [-0.4, -0.2) is 46.1 Å². The molecule has 1 aromatic heterocycles. The van der Waals surface area contributed by atoms with Crippen LogP contribution >= 0.6 is 0 Å². The van der Waals surface area contributed by atoms with Crippen molar-refractivity contribution in [1.29, 1.82) is 0 Å². The second-order valence-corrected chi connectivity index (χ2v) is 7.66. The van der Waals surface area contributed by atoms with Crippen molar-refractivity contribution in [3.8, 4) is 0 Å². The van der Waals surface area contributed by atoms with Crippen molar-refractivity contribution in [3.05, 3.63) is 53.3 Å². The van der Waals surface area contributed by atoms with Crippen LogP contribution in [0.4, 0.5) is 0 Å². The van der Waals surface area contributed by atoms with Gasteiger partial charge in [0.1, 0.15) is 0 Å². The zero-order valence-electron chi connectivity index (χ0n) is 15.7. The van der Waals surface area contributed by atoms with Crippen molar-refractivity contribution < 1.29 is 9.59 Å². The summed E-state index contributed by atoms with van der Waals surface area (Å²) in [4.78, 5) is 26.5. The number of benzene rings is 1. The molecule has 2 amide bonds. The lowest BCUT2D eigenvalue weighted by Gasteiger charge is -2.31. The van der Waals surface area contributed by atoms with E-state index in [0.29, 0.717) is 31.5 Å². The van der Waals surface area contributed by atoms with Crippen LogP contribution in [0.1, 0.15) is 47.8 Å². The van der Waals surface area contributed by atoms with Crippen molar-refractivity contribution in [2.45, 2.75) is 37.5 Å². The van der Waals surface area contributed by atoms with Crippen LogP contribution in [0.15, 0.2) is 36.7 Å². The zero-order chi connectivity index (χ0) is 18.8. The predicted molar refractivity (Wildman–Crippen MR) is 102 cm³/mol. The number of aromatic nitrogens is 2. The maximum Gasteiger partial charge on any atom is 0.311 e. The maximum absolute atomic E-state index is 12.5. The average Bonchev–Trinajstić information content (AvgIpc) is 3.32. The first-order valence-electron chi connectivity index (χ1n) is 9.75. The van der Waals surface area contributed by atoms with Crippen LogP contribution in [0.25, 0.3) is 0 Å². The highest BCUT2D eigenvalue weighted by atomic mass is 16.2. The fourth-order valence-corrected chi connectivity index (χ4v) is 4.36. The standard InChI is InChI=1S/C21H26N4O2/c1-24-14-18(13-23-24)15-8-10-25(11-9-15)21(27)20(26)22-12-17-7-6-16-4-2-3-5-19(16)17/h2-5,13-15,17H,6-12H2,1H3,(H,22,26). The Morgan fingerprint density at radius 1 is 1.19 bits per heavy atom.